The second-order valence-corrected chi connectivity index (χ2v) is 17.6. The molecule has 11 aromatic carbocycles. The van der Waals surface area contributed by atoms with Crippen molar-refractivity contribution in [3.63, 3.8) is 0 Å². The Balaban J connectivity index is 0.894. The second-order valence-electron chi connectivity index (χ2n) is 17.6. The van der Waals surface area contributed by atoms with Gasteiger partial charge in [0.1, 0.15) is 11.2 Å². The van der Waals surface area contributed by atoms with Gasteiger partial charge in [0.15, 0.2) is 0 Å². The molecule has 0 aliphatic carbocycles. The molecule has 0 aliphatic heterocycles. The van der Waals surface area contributed by atoms with E-state index >= 15 is 0 Å². The molecule has 0 aliphatic rings. The van der Waals surface area contributed by atoms with Crippen LogP contribution in [0.5, 0.6) is 0 Å². The molecule has 0 amide bonds. The Labute approximate surface area is 401 Å². The van der Waals surface area contributed by atoms with Gasteiger partial charge < -0.3 is 13.9 Å². The first-order valence-electron chi connectivity index (χ1n) is 23.6. The van der Waals surface area contributed by atoms with Crippen molar-refractivity contribution in [3.05, 3.63) is 267 Å². The summed E-state index contributed by atoms with van der Waals surface area (Å²) in [6.45, 7) is 0. The van der Waals surface area contributed by atoms with Crippen LogP contribution in [-0.2, 0) is 0 Å². The molecule has 13 aromatic rings. The SMILES string of the molecule is c1ccc(-c2cccc(-c3ccc(N(c4ccc(-c5ccccc5-c5ccccc5-n5c6ccccc6c6ccccc65)cc4)c4ccc(-c5cccc6c5oc5ccccc56)cc4)cc3)c2)cc1. The molecule has 3 heteroatoms. The van der Waals surface area contributed by atoms with Crippen LogP contribution in [0.1, 0.15) is 0 Å². The van der Waals surface area contributed by atoms with Gasteiger partial charge in [-0.15, -0.1) is 0 Å². The van der Waals surface area contributed by atoms with Crippen molar-refractivity contribution >= 4 is 60.8 Å². The quantitative estimate of drug-likeness (QED) is 0.144. The molecule has 13 rings (SSSR count). The van der Waals surface area contributed by atoms with Crippen molar-refractivity contribution in [2.75, 3.05) is 4.90 Å². The van der Waals surface area contributed by atoms with Gasteiger partial charge in [0, 0.05) is 49.7 Å². The van der Waals surface area contributed by atoms with E-state index < -0.39 is 0 Å². The third-order valence-corrected chi connectivity index (χ3v) is 13.6. The fourth-order valence-corrected chi connectivity index (χ4v) is 10.4. The van der Waals surface area contributed by atoms with Gasteiger partial charge >= 0.3 is 0 Å². The van der Waals surface area contributed by atoms with Crippen LogP contribution < -0.4 is 4.90 Å². The Kier molecular flexibility index (Phi) is 9.84. The van der Waals surface area contributed by atoms with Crippen molar-refractivity contribution in [1.82, 2.24) is 4.57 Å². The van der Waals surface area contributed by atoms with Crippen molar-refractivity contribution in [1.29, 1.82) is 0 Å². The minimum atomic E-state index is 0.899. The maximum Gasteiger partial charge on any atom is 0.143 e. The zero-order valence-corrected chi connectivity index (χ0v) is 37.7. The van der Waals surface area contributed by atoms with Crippen LogP contribution >= 0.6 is 0 Å². The molecule has 2 aromatic heterocycles. The summed E-state index contributed by atoms with van der Waals surface area (Å²) in [5.74, 6) is 0. The largest absolute Gasteiger partial charge is 0.455 e. The predicted molar refractivity (Wildman–Crippen MR) is 290 cm³/mol. The molecule has 0 N–H and O–H groups in total. The summed E-state index contributed by atoms with van der Waals surface area (Å²) >= 11 is 0. The van der Waals surface area contributed by atoms with Crippen LogP contribution in [0.4, 0.5) is 17.1 Å². The smallest absolute Gasteiger partial charge is 0.143 e. The molecule has 0 atom stereocenters. The molecule has 0 saturated heterocycles. The molecule has 3 nitrogen and oxygen atoms in total. The van der Waals surface area contributed by atoms with E-state index in [0.717, 1.165) is 61.4 Å². The van der Waals surface area contributed by atoms with Gasteiger partial charge in [0.2, 0.25) is 0 Å². The first-order chi connectivity index (χ1) is 34.2. The lowest BCUT2D eigenvalue weighted by molar-refractivity contribution is 0.670. The molecule has 69 heavy (non-hydrogen) atoms. The summed E-state index contributed by atoms with van der Waals surface area (Å²) < 4.78 is 8.89. The van der Waals surface area contributed by atoms with Crippen molar-refractivity contribution in [2.45, 2.75) is 0 Å². The Morgan fingerprint density at radius 3 is 1.36 bits per heavy atom. The van der Waals surface area contributed by atoms with Crippen LogP contribution in [0.2, 0.25) is 0 Å². The van der Waals surface area contributed by atoms with Gasteiger partial charge in [-0.25, -0.2) is 0 Å². The molecule has 0 bridgehead atoms. The second kappa shape index (κ2) is 16.9. The van der Waals surface area contributed by atoms with Crippen LogP contribution in [-0.4, -0.2) is 4.57 Å². The number of anilines is 3. The van der Waals surface area contributed by atoms with E-state index in [4.69, 9.17) is 4.42 Å². The standard InChI is InChI=1S/C66H44N2O/c1-2-16-45(17-3-1)49-18-14-19-50(44-49)46-32-38-51(39-33-46)67(53-42-36-48(37-43-53)55-26-15-27-61-60-25-9-13-31-65(60)69-66(55)61)52-40-34-47(35-41-52)54-20-4-5-21-56(54)57-22-6-10-28-62(57)68-63-29-11-7-23-58(63)59-24-8-12-30-64(59)68/h1-44H. The Hall–Kier alpha value is -9.18. The summed E-state index contributed by atoms with van der Waals surface area (Å²) in [6.07, 6.45) is 0. The molecular weight excluding hydrogens is 837 g/mol. The van der Waals surface area contributed by atoms with Gasteiger partial charge in [-0.05, 0) is 111 Å². The minimum absolute atomic E-state index is 0.899. The zero-order valence-electron chi connectivity index (χ0n) is 37.7. The number of hydrogen-bond acceptors (Lipinski definition) is 2. The van der Waals surface area contributed by atoms with E-state index in [0.29, 0.717) is 0 Å². The van der Waals surface area contributed by atoms with Gasteiger partial charge in [-0.3, -0.25) is 0 Å². The number of nitrogens with zero attached hydrogens (tertiary/aromatic N) is 2. The van der Waals surface area contributed by atoms with Crippen LogP contribution in [0.3, 0.4) is 0 Å². The molecule has 0 radical (unpaired) electrons. The average Bonchev–Trinajstić information content (AvgIpc) is 3.98. The average molecular weight is 881 g/mol. The lowest BCUT2D eigenvalue weighted by atomic mass is 9.93. The number of furan rings is 1. The van der Waals surface area contributed by atoms with E-state index in [-0.39, 0.29) is 0 Å². The fraction of sp³-hybridized carbons (Fsp3) is 0. The summed E-state index contributed by atoms with van der Waals surface area (Å²) in [5, 5.41) is 4.76. The first-order valence-corrected chi connectivity index (χ1v) is 23.6. The van der Waals surface area contributed by atoms with Crippen molar-refractivity contribution in [2.24, 2.45) is 0 Å². The third-order valence-electron chi connectivity index (χ3n) is 13.6. The van der Waals surface area contributed by atoms with Gasteiger partial charge in [-0.2, -0.15) is 0 Å². The van der Waals surface area contributed by atoms with Crippen molar-refractivity contribution in [3.8, 4) is 61.3 Å². The summed E-state index contributed by atoms with van der Waals surface area (Å²) in [4.78, 5) is 2.35. The van der Waals surface area contributed by atoms with E-state index in [1.807, 2.05) is 12.1 Å². The van der Waals surface area contributed by atoms with Crippen molar-refractivity contribution < 1.29 is 4.42 Å². The Morgan fingerprint density at radius 1 is 0.275 bits per heavy atom. The topological polar surface area (TPSA) is 21.3 Å². The highest BCUT2D eigenvalue weighted by atomic mass is 16.3. The number of aromatic nitrogens is 1. The van der Waals surface area contributed by atoms with Gasteiger partial charge in [-0.1, -0.05) is 200 Å². The van der Waals surface area contributed by atoms with E-state index in [1.165, 1.54) is 60.8 Å². The lowest BCUT2D eigenvalue weighted by Gasteiger charge is -2.26. The summed E-state index contributed by atoms with van der Waals surface area (Å²) in [7, 11) is 0. The first kappa shape index (κ1) is 40.1. The van der Waals surface area contributed by atoms with E-state index in [1.54, 1.807) is 0 Å². The number of benzene rings is 11. The highest BCUT2D eigenvalue weighted by Gasteiger charge is 2.19. The molecule has 0 saturated carbocycles. The maximum absolute atomic E-state index is 6.47. The normalized spacial score (nSPS) is 11.5. The lowest BCUT2D eigenvalue weighted by Crippen LogP contribution is -2.09. The van der Waals surface area contributed by atoms with Gasteiger partial charge in [0.25, 0.3) is 0 Å². The molecular formula is C66H44N2O. The van der Waals surface area contributed by atoms with Crippen LogP contribution in [0, 0.1) is 0 Å². The van der Waals surface area contributed by atoms with E-state index in [9.17, 15) is 0 Å². The number of rotatable bonds is 9. The predicted octanol–water partition coefficient (Wildman–Crippen LogP) is 18.5. The molecule has 2 heterocycles. The monoisotopic (exact) mass is 880 g/mol. The Bertz CT molecular complexity index is 3940. The summed E-state index contributed by atoms with van der Waals surface area (Å²) in [5.41, 5.74) is 20.2. The molecule has 0 fully saturated rings. The zero-order chi connectivity index (χ0) is 45.7. The van der Waals surface area contributed by atoms with E-state index in [2.05, 4.69) is 264 Å². The van der Waals surface area contributed by atoms with Crippen LogP contribution in [0.25, 0.3) is 105 Å². The number of hydrogen-bond donors (Lipinski definition) is 0. The number of para-hydroxylation sites is 5. The summed E-state index contributed by atoms with van der Waals surface area (Å²) in [6, 6.07) is 96.0. The highest BCUT2D eigenvalue weighted by molar-refractivity contribution is 6.11. The molecule has 324 valence electrons. The molecule has 0 unspecified atom stereocenters. The fourth-order valence-electron chi connectivity index (χ4n) is 10.4. The maximum atomic E-state index is 6.47. The highest BCUT2D eigenvalue weighted by Crippen LogP contribution is 2.43. The molecule has 0 spiro atoms. The third kappa shape index (κ3) is 7.08. The Morgan fingerprint density at radius 2 is 0.710 bits per heavy atom. The number of fused-ring (bicyclic) bond motifs is 6. The van der Waals surface area contributed by atoms with Gasteiger partial charge in [0.05, 0.1) is 16.7 Å². The minimum Gasteiger partial charge on any atom is -0.455 e. The van der Waals surface area contributed by atoms with Crippen LogP contribution in [0.15, 0.2) is 271 Å².